The number of carbonyl (C=O) groups is 5. The van der Waals surface area contributed by atoms with Crippen molar-refractivity contribution in [1.82, 2.24) is 0 Å². The van der Waals surface area contributed by atoms with Gasteiger partial charge >= 0.3 is 23.9 Å². The van der Waals surface area contributed by atoms with Crippen LogP contribution in [0.25, 0.3) is 0 Å². The summed E-state index contributed by atoms with van der Waals surface area (Å²) in [5.41, 5.74) is -2.74. The van der Waals surface area contributed by atoms with Crippen LogP contribution in [0.1, 0.15) is 12.8 Å². The molecule has 0 aliphatic carbocycles. The first-order valence-corrected chi connectivity index (χ1v) is 9.69. The number of aliphatic hydroxyl groups is 10. The molecule has 19 nitrogen and oxygen atoms in total. The maximum Gasteiger partial charge on any atom is 0.377 e. The fraction of sp³-hybridized carbons (Fsp3) is 0.611. The largest absolute Gasteiger partial charge is 0.505 e. The average Bonchev–Trinajstić information content (AvgIpc) is 3.08. The van der Waals surface area contributed by atoms with E-state index < -0.39 is 104 Å². The van der Waals surface area contributed by atoms with E-state index in [0.717, 1.165) is 0 Å². The van der Waals surface area contributed by atoms with Gasteiger partial charge in [-0.15, -0.1) is 0 Å². The number of carboxylic acid groups (broad SMARTS) is 3. The van der Waals surface area contributed by atoms with Gasteiger partial charge < -0.3 is 75.9 Å². The van der Waals surface area contributed by atoms with Crippen LogP contribution >= 0.6 is 0 Å². The molecular weight excluding hydrogens is 520 g/mol. The zero-order valence-electron chi connectivity index (χ0n) is 18.6. The lowest BCUT2D eigenvalue weighted by molar-refractivity contribution is -0.170. The first-order chi connectivity index (χ1) is 16.9. The minimum absolute atomic E-state index is 0.0258. The van der Waals surface area contributed by atoms with E-state index in [1.165, 1.54) is 0 Å². The van der Waals surface area contributed by atoms with Crippen molar-refractivity contribution in [3.05, 3.63) is 11.5 Å². The quantitative estimate of drug-likeness (QED) is 0.0796. The van der Waals surface area contributed by atoms with E-state index in [9.17, 15) is 24.0 Å². The number of carbonyl (C=O) groups excluding carboxylic acids is 2. The highest BCUT2D eigenvalue weighted by Gasteiger charge is 2.41. The Morgan fingerprint density at radius 3 is 1.62 bits per heavy atom. The van der Waals surface area contributed by atoms with Crippen LogP contribution in [-0.4, -0.2) is 152 Å². The van der Waals surface area contributed by atoms with Gasteiger partial charge in [-0.25, -0.2) is 9.59 Å². The van der Waals surface area contributed by atoms with Crippen LogP contribution in [0.4, 0.5) is 0 Å². The van der Waals surface area contributed by atoms with Crippen molar-refractivity contribution in [2.45, 2.75) is 55.1 Å². The van der Waals surface area contributed by atoms with E-state index in [0.29, 0.717) is 0 Å². The minimum atomic E-state index is -2.74. The maximum absolute atomic E-state index is 10.5. The second-order valence-corrected chi connectivity index (χ2v) is 7.15. The Bertz CT molecular complexity index is 806. The molecular formula is C18H28O19. The summed E-state index contributed by atoms with van der Waals surface area (Å²) in [7, 11) is 0. The number of hydrogen-bond donors (Lipinski definition) is 13. The SMILES string of the molecule is O=C(O)CC(O)(CC(=O)O)C(=O)O.O=C1O[C@H]([C@@H](O)CO)C(O)=C1O.O=C[C@H](O)[C@@H](O)[C@H](O)[C@H](O)CO. The van der Waals surface area contributed by atoms with Crippen molar-refractivity contribution >= 4 is 30.2 Å². The van der Waals surface area contributed by atoms with Crippen LogP contribution < -0.4 is 0 Å². The number of aliphatic carboxylic acids is 3. The second-order valence-electron chi connectivity index (χ2n) is 7.15. The standard InChI is InChI=1S/C6H8O7.C6H8O6.C6H12O6/c7-3(8)1-6(13,5(11)12)2-4(9)10;7-1-2(8)5-3(9)4(10)6(11)12-5;7-1-3(9)5(11)6(12)4(10)2-8/h13H,1-2H2,(H,7,8)(H,9,10)(H,11,12);2,5,7-10H,1H2;1,3-6,8-12H,2H2/t;2-,5+;3-,4+,5+,6+/m.00/s1. The molecule has 6 atom stereocenters. The summed E-state index contributed by atoms with van der Waals surface area (Å²) in [6.07, 6.45) is -11.9. The molecule has 0 saturated carbocycles. The molecule has 0 saturated heterocycles. The molecule has 0 radical (unpaired) electrons. The van der Waals surface area contributed by atoms with E-state index in [2.05, 4.69) is 4.74 Å². The van der Waals surface area contributed by atoms with Crippen molar-refractivity contribution in [3.8, 4) is 0 Å². The highest BCUT2D eigenvalue weighted by molar-refractivity contribution is 5.89. The van der Waals surface area contributed by atoms with Crippen LogP contribution in [-0.2, 0) is 28.7 Å². The van der Waals surface area contributed by atoms with E-state index in [1.807, 2.05) is 0 Å². The van der Waals surface area contributed by atoms with Crippen molar-refractivity contribution in [1.29, 1.82) is 0 Å². The molecule has 0 spiro atoms. The van der Waals surface area contributed by atoms with Crippen LogP contribution in [0.2, 0.25) is 0 Å². The molecule has 13 N–H and O–H groups in total. The molecule has 0 aromatic carbocycles. The molecule has 37 heavy (non-hydrogen) atoms. The number of esters is 1. The van der Waals surface area contributed by atoms with Gasteiger partial charge in [-0.3, -0.25) is 9.59 Å². The van der Waals surface area contributed by atoms with Crippen molar-refractivity contribution in [3.63, 3.8) is 0 Å². The number of aliphatic hydroxyl groups excluding tert-OH is 9. The van der Waals surface area contributed by atoms with Gasteiger partial charge in [0.15, 0.2) is 23.8 Å². The van der Waals surface area contributed by atoms with Crippen LogP contribution in [0.15, 0.2) is 11.5 Å². The van der Waals surface area contributed by atoms with E-state index in [-0.39, 0.29) is 6.29 Å². The maximum atomic E-state index is 10.5. The molecule has 0 aromatic rings. The third kappa shape index (κ3) is 11.9. The molecule has 19 heteroatoms. The molecule has 1 aliphatic heterocycles. The van der Waals surface area contributed by atoms with Crippen molar-refractivity contribution < 1.29 is 95.1 Å². The predicted octanol–water partition coefficient (Wildman–Crippen LogP) is -6.03. The predicted molar refractivity (Wildman–Crippen MR) is 110 cm³/mol. The Labute approximate surface area is 206 Å². The summed E-state index contributed by atoms with van der Waals surface area (Å²) in [6.45, 7) is -1.43. The fourth-order valence-corrected chi connectivity index (χ4v) is 2.15. The monoisotopic (exact) mass is 548 g/mol. The topological polar surface area (TPSA) is 358 Å². The van der Waals surface area contributed by atoms with Gasteiger partial charge in [0.2, 0.25) is 5.76 Å². The van der Waals surface area contributed by atoms with Gasteiger partial charge in [0, 0.05) is 0 Å². The second kappa shape index (κ2) is 16.3. The third-order valence-corrected chi connectivity index (χ3v) is 4.18. The fourth-order valence-electron chi connectivity index (χ4n) is 2.15. The van der Waals surface area contributed by atoms with E-state index in [1.54, 1.807) is 0 Å². The van der Waals surface area contributed by atoms with Crippen LogP contribution in [0.3, 0.4) is 0 Å². The van der Waals surface area contributed by atoms with Gasteiger partial charge in [-0.05, 0) is 0 Å². The summed E-state index contributed by atoms with van der Waals surface area (Å²) in [4.78, 5) is 50.9. The summed E-state index contributed by atoms with van der Waals surface area (Å²) in [5.74, 6) is -7.80. The lowest BCUT2D eigenvalue weighted by Crippen LogP contribution is -2.46. The summed E-state index contributed by atoms with van der Waals surface area (Å²) in [5, 5.41) is 112. The van der Waals surface area contributed by atoms with E-state index in [4.69, 9.17) is 66.4 Å². The normalized spacial score (nSPS) is 19.0. The number of carboxylic acids is 3. The first kappa shape index (κ1) is 35.7. The Morgan fingerprint density at radius 2 is 1.35 bits per heavy atom. The summed E-state index contributed by atoms with van der Waals surface area (Å²) >= 11 is 0. The third-order valence-electron chi connectivity index (χ3n) is 4.18. The van der Waals surface area contributed by atoms with Crippen molar-refractivity contribution in [2.75, 3.05) is 13.2 Å². The molecule has 0 unspecified atom stereocenters. The smallest absolute Gasteiger partial charge is 0.377 e. The van der Waals surface area contributed by atoms with Gasteiger partial charge in [0.1, 0.15) is 30.5 Å². The zero-order valence-corrected chi connectivity index (χ0v) is 18.6. The lowest BCUT2D eigenvalue weighted by atomic mass is 9.96. The lowest BCUT2D eigenvalue weighted by Gasteiger charge is -2.22. The average molecular weight is 548 g/mol. The molecule has 214 valence electrons. The highest BCUT2D eigenvalue weighted by Crippen LogP contribution is 2.21. The van der Waals surface area contributed by atoms with E-state index >= 15 is 0 Å². The number of ether oxygens (including phenoxy) is 1. The zero-order chi connectivity index (χ0) is 29.7. The first-order valence-electron chi connectivity index (χ1n) is 9.69. The molecule has 1 heterocycles. The van der Waals surface area contributed by atoms with Gasteiger partial charge in [0.05, 0.1) is 26.1 Å². The Hall–Kier alpha value is -3.43. The number of hydrogen-bond acceptors (Lipinski definition) is 16. The number of rotatable bonds is 12. The Kier molecular flexibility index (Phi) is 15.8. The van der Waals surface area contributed by atoms with Crippen LogP contribution in [0, 0.1) is 0 Å². The summed E-state index contributed by atoms with van der Waals surface area (Å²) in [6, 6.07) is 0. The summed E-state index contributed by atoms with van der Waals surface area (Å²) < 4.78 is 4.32. The molecule has 0 bridgehead atoms. The van der Waals surface area contributed by atoms with Gasteiger partial charge in [-0.2, -0.15) is 0 Å². The Balaban J connectivity index is 0. The molecule has 1 rings (SSSR count). The van der Waals surface area contributed by atoms with Gasteiger partial charge in [0.25, 0.3) is 0 Å². The number of cyclic esters (lactones) is 1. The highest BCUT2D eigenvalue weighted by atomic mass is 16.6. The molecule has 0 fully saturated rings. The van der Waals surface area contributed by atoms with Gasteiger partial charge in [-0.1, -0.05) is 0 Å². The Morgan fingerprint density at radius 1 is 0.892 bits per heavy atom. The van der Waals surface area contributed by atoms with Crippen LogP contribution in [0.5, 0.6) is 0 Å². The molecule has 0 amide bonds. The minimum Gasteiger partial charge on any atom is -0.505 e. The molecule has 1 aliphatic rings. The molecule has 0 aromatic heterocycles. The number of aldehydes is 1. The van der Waals surface area contributed by atoms with Crippen molar-refractivity contribution in [2.24, 2.45) is 0 Å².